The summed E-state index contributed by atoms with van der Waals surface area (Å²) in [7, 11) is 2.13. The molecule has 5 nitrogen and oxygen atoms in total. The zero-order chi connectivity index (χ0) is 14.5. The first-order valence-electron chi connectivity index (χ1n) is 7.72. The Hall–Kier alpha value is -1.36. The van der Waals surface area contributed by atoms with Gasteiger partial charge >= 0.3 is 0 Å². The van der Waals surface area contributed by atoms with Gasteiger partial charge in [0, 0.05) is 38.7 Å². The molecule has 0 spiro atoms. The summed E-state index contributed by atoms with van der Waals surface area (Å²) in [4.78, 5) is 13.8. The van der Waals surface area contributed by atoms with Crippen LogP contribution in [0.15, 0.2) is 6.07 Å². The average molecular weight is 277 g/mol. The van der Waals surface area contributed by atoms with Gasteiger partial charge in [-0.2, -0.15) is 0 Å². The Morgan fingerprint density at radius 1 is 1.30 bits per heavy atom. The Morgan fingerprint density at radius 2 is 2.00 bits per heavy atom. The second-order valence-electron chi connectivity index (χ2n) is 5.59. The zero-order valence-electron chi connectivity index (χ0n) is 13.0. The van der Waals surface area contributed by atoms with Crippen molar-refractivity contribution in [2.45, 2.75) is 45.6 Å². The van der Waals surface area contributed by atoms with E-state index in [4.69, 9.17) is 5.73 Å². The maximum Gasteiger partial charge on any atom is 0.134 e. The van der Waals surface area contributed by atoms with E-state index in [1.54, 1.807) is 0 Å². The van der Waals surface area contributed by atoms with E-state index in [0.717, 1.165) is 31.0 Å². The number of hydrogen-bond donors (Lipinski definition) is 1. The number of aryl methyl sites for hydroxylation is 1. The molecule has 20 heavy (non-hydrogen) atoms. The van der Waals surface area contributed by atoms with Crippen LogP contribution in [0.4, 0.5) is 11.6 Å². The SMILES string of the molecule is CCCc1nc(N)cc(N(C)C2CCN(CC)CC2)n1. The number of nitrogen functional groups attached to an aromatic ring is 1. The number of hydrogen-bond acceptors (Lipinski definition) is 5. The maximum atomic E-state index is 5.91. The van der Waals surface area contributed by atoms with Crippen molar-refractivity contribution < 1.29 is 0 Å². The van der Waals surface area contributed by atoms with Crippen molar-refractivity contribution >= 4 is 11.6 Å². The van der Waals surface area contributed by atoms with Gasteiger partial charge < -0.3 is 15.5 Å². The van der Waals surface area contributed by atoms with Gasteiger partial charge in [-0.1, -0.05) is 13.8 Å². The number of aromatic nitrogens is 2. The topological polar surface area (TPSA) is 58.3 Å². The third-order valence-corrected chi connectivity index (χ3v) is 4.17. The van der Waals surface area contributed by atoms with E-state index >= 15 is 0 Å². The van der Waals surface area contributed by atoms with Crippen molar-refractivity contribution in [1.29, 1.82) is 0 Å². The summed E-state index contributed by atoms with van der Waals surface area (Å²) in [5.74, 6) is 2.41. The molecule has 5 heteroatoms. The summed E-state index contributed by atoms with van der Waals surface area (Å²) in [5, 5.41) is 0. The van der Waals surface area contributed by atoms with E-state index in [0.29, 0.717) is 11.9 Å². The highest BCUT2D eigenvalue weighted by molar-refractivity contribution is 5.47. The van der Waals surface area contributed by atoms with Crippen molar-refractivity contribution in [1.82, 2.24) is 14.9 Å². The quantitative estimate of drug-likeness (QED) is 0.891. The number of anilines is 2. The van der Waals surface area contributed by atoms with Crippen LogP contribution in [0.25, 0.3) is 0 Å². The van der Waals surface area contributed by atoms with E-state index < -0.39 is 0 Å². The lowest BCUT2D eigenvalue weighted by Gasteiger charge is -2.37. The molecule has 112 valence electrons. The monoisotopic (exact) mass is 277 g/mol. The van der Waals surface area contributed by atoms with Crippen LogP contribution in [0.1, 0.15) is 38.9 Å². The predicted molar refractivity (Wildman–Crippen MR) is 84.0 cm³/mol. The number of rotatable bonds is 5. The van der Waals surface area contributed by atoms with E-state index in [9.17, 15) is 0 Å². The smallest absolute Gasteiger partial charge is 0.134 e. The highest BCUT2D eigenvalue weighted by Gasteiger charge is 2.23. The lowest BCUT2D eigenvalue weighted by atomic mass is 10.0. The minimum atomic E-state index is 0.557. The molecule has 0 radical (unpaired) electrons. The lowest BCUT2D eigenvalue weighted by Crippen LogP contribution is -2.43. The maximum absolute atomic E-state index is 5.91. The van der Waals surface area contributed by atoms with Crippen LogP contribution < -0.4 is 10.6 Å². The summed E-state index contributed by atoms with van der Waals surface area (Å²) < 4.78 is 0. The first kappa shape index (κ1) is 15.0. The molecule has 2 heterocycles. The molecule has 2 rings (SSSR count). The number of nitrogens with zero attached hydrogens (tertiary/aromatic N) is 4. The van der Waals surface area contributed by atoms with Gasteiger partial charge in [0.25, 0.3) is 0 Å². The van der Waals surface area contributed by atoms with Gasteiger partial charge in [0.05, 0.1) is 0 Å². The molecule has 0 unspecified atom stereocenters. The molecule has 0 atom stereocenters. The standard InChI is InChI=1S/C15H27N5/c1-4-6-14-17-13(16)11-15(18-14)19(3)12-7-9-20(5-2)10-8-12/h11-12H,4-10H2,1-3H3,(H2,16,17,18). The molecular formula is C15H27N5. The number of piperidine rings is 1. The molecule has 1 aromatic rings. The highest BCUT2D eigenvalue weighted by Crippen LogP contribution is 2.22. The van der Waals surface area contributed by atoms with Crippen molar-refractivity contribution in [2.75, 3.05) is 37.3 Å². The van der Waals surface area contributed by atoms with Crippen molar-refractivity contribution in [3.05, 3.63) is 11.9 Å². The fourth-order valence-electron chi connectivity index (χ4n) is 2.83. The molecule has 0 bridgehead atoms. The average Bonchev–Trinajstić information content (AvgIpc) is 2.46. The summed E-state index contributed by atoms with van der Waals surface area (Å²) in [6.45, 7) is 7.86. The number of likely N-dealkylation sites (tertiary alicyclic amines) is 1. The Kier molecular flexibility index (Phi) is 5.17. The van der Waals surface area contributed by atoms with Crippen molar-refractivity contribution in [3.63, 3.8) is 0 Å². The van der Waals surface area contributed by atoms with Crippen LogP contribution in [0.5, 0.6) is 0 Å². The Morgan fingerprint density at radius 3 is 2.60 bits per heavy atom. The first-order chi connectivity index (χ1) is 9.63. The summed E-state index contributed by atoms with van der Waals surface area (Å²) in [6.07, 6.45) is 4.32. The van der Waals surface area contributed by atoms with Crippen molar-refractivity contribution in [2.24, 2.45) is 0 Å². The largest absolute Gasteiger partial charge is 0.384 e. The van der Waals surface area contributed by atoms with Crippen LogP contribution in [0.2, 0.25) is 0 Å². The van der Waals surface area contributed by atoms with E-state index in [1.165, 1.54) is 25.9 Å². The minimum absolute atomic E-state index is 0.557. The van der Waals surface area contributed by atoms with Gasteiger partial charge in [-0.25, -0.2) is 9.97 Å². The molecule has 0 aliphatic carbocycles. The first-order valence-corrected chi connectivity index (χ1v) is 7.72. The predicted octanol–water partition coefficient (Wildman–Crippen LogP) is 1.93. The molecule has 0 amide bonds. The highest BCUT2D eigenvalue weighted by atomic mass is 15.2. The van der Waals surface area contributed by atoms with Gasteiger partial charge in [0.15, 0.2) is 0 Å². The van der Waals surface area contributed by atoms with E-state index in [1.807, 2.05) is 6.07 Å². The lowest BCUT2D eigenvalue weighted by molar-refractivity contribution is 0.220. The molecule has 1 aliphatic heterocycles. The van der Waals surface area contributed by atoms with Gasteiger partial charge in [-0.3, -0.25) is 0 Å². The van der Waals surface area contributed by atoms with Gasteiger partial charge in [0.1, 0.15) is 17.5 Å². The van der Waals surface area contributed by atoms with E-state index in [2.05, 4.69) is 40.7 Å². The minimum Gasteiger partial charge on any atom is -0.384 e. The fraction of sp³-hybridized carbons (Fsp3) is 0.733. The fourth-order valence-corrected chi connectivity index (χ4v) is 2.83. The molecule has 2 N–H and O–H groups in total. The second-order valence-corrected chi connectivity index (χ2v) is 5.59. The number of nitrogens with two attached hydrogens (primary N) is 1. The third-order valence-electron chi connectivity index (χ3n) is 4.17. The van der Waals surface area contributed by atoms with Crippen LogP contribution in [0, 0.1) is 0 Å². The zero-order valence-corrected chi connectivity index (χ0v) is 13.0. The normalized spacial score (nSPS) is 17.4. The van der Waals surface area contributed by atoms with E-state index in [-0.39, 0.29) is 0 Å². The summed E-state index contributed by atoms with van der Waals surface area (Å²) >= 11 is 0. The van der Waals surface area contributed by atoms with Gasteiger partial charge in [-0.05, 0) is 25.8 Å². The molecule has 1 aliphatic rings. The van der Waals surface area contributed by atoms with Crippen LogP contribution in [-0.2, 0) is 6.42 Å². The Labute approximate surface area is 122 Å². The van der Waals surface area contributed by atoms with Gasteiger partial charge in [0.2, 0.25) is 0 Å². The summed E-state index contributed by atoms with van der Waals surface area (Å²) in [6, 6.07) is 2.45. The summed E-state index contributed by atoms with van der Waals surface area (Å²) in [5.41, 5.74) is 5.91. The van der Waals surface area contributed by atoms with Crippen LogP contribution in [-0.4, -0.2) is 47.6 Å². The molecule has 1 aromatic heterocycles. The molecule has 1 saturated heterocycles. The van der Waals surface area contributed by atoms with Crippen molar-refractivity contribution in [3.8, 4) is 0 Å². The van der Waals surface area contributed by atoms with Crippen LogP contribution >= 0.6 is 0 Å². The Bertz CT molecular complexity index is 426. The Balaban J connectivity index is 2.07. The molecule has 0 aromatic carbocycles. The molecule has 1 fully saturated rings. The molecule has 0 saturated carbocycles. The second kappa shape index (κ2) is 6.88. The third kappa shape index (κ3) is 3.60. The van der Waals surface area contributed by atoms with Crippen LogP contribution in [0.3, 0.4) is 0 Å². The van der Waals surface area contributed by atoms with Gasteiger partial charge in [-0.15, -0.1) is 0 Å². The molecular weight excluding hydrogens is 250 g/mol.